The van der Waals surface area contributed by atoms with Crippen LogP contribution in [-0.2, 0) is 32.3 Å². The standard InChI is InChI=1S/C33H33F3N2O5/c1-5-17-38-18-16-31-28-22-9-12-25(41-4)29(28)42-30(31)24(14-15-32(31,26(38)19-22)43-20(2)39)37(3)27(40)13-8-21-6-10-23(11-7-21)33(34,35)36/h5-7,9-12,24,26,30H,1,14-19H2,2-4H3/t24-,26-,30+,31+,32-/m1/s1. The zero-order valence-electron chi connectivity index (χ0n) is 24.3. The fourth-order valence-corrected chi connectivity index (χ4v) is 8.08. The highest BCUT2D eigenvalue weighted by atomic mass is 19.4. The molecule has 0 N–H and O–H groups in total. The van der Waals surface area contributed by atoms with Crippen molar-refractivity contribution < 1.29 is 37.0 Å². The van der Waals surface area contributed by atoms with Crippen molar-refractivity contribution >= 4 is 11.9 Å². The maximum absolute atomic E-state index is 13.4. The number of amides is 1. The first-order valence-electron chi connectivity index (χ1n) is 14.3. The van der Waals surface area contributed by atoms with Gasteiger partial charge in [-0.3, -0.25) is 14.5 Å². The van der Waals surface area contributed by atoms with E-state index in [4.69, 9.17) is 14.2 Å². The number of likely N-dealkylation sites (N-methyl/N-ethyl adjacent to an activating group) is 1. The zero-order chi connectivity index (χ0) is 30.7. The number of carbonyl (C=O) groups is 2. The fourth-order valence-electron chi connectivity index (χ4n) is 8.08. The number of carbonyl (C=O) groups excluding carboxylic acids is 2. The molecule has 1 saturated heterocycles. The Bertz CT molecular complexity index is 1540. The molecule has 43 heavy (non-hydrogen) atoms. The third-order valence-electron chi connectivity index (χ3n) is 9.74. The monoisotopic (exact) mass is 594 g/mol. The SMILES string of the molecule is C=CCN1CC[C@]23c4c5ccc(OC)c4O[C@H]2[C@H](N(C)C(=O)C#Cc2ccc(C(F)(F)F)cc2)CC[C@@]3(OC(C)=O)[C@H]1C5. The van der Waals surface area contributed by atoms with Crippen LogP contribution >= 0.6 is 0 Å². The van der Waals surface area contributed by atoms with Crippen molar-refractivity contribution in [3.63, 3.8) is 0 Å². The molecule has 1 spiro atoms. The van der Waals surface area contributed by atoms with Crippen LogP contribution in [0.4, 0.5) is 13.2 Å². The summed E-state index contributed by atoms with van der Waals surface area (Å²) in [7, 11) is 3.25. The van der Waals surface area contributed by atoms with E-state index in [1.165, 1.54) is 19.1 Å². The smallest absolute Gasteiger partial charge is 0.416 e. The van der Waals surface area contributed by atoms with Crippen molar-refractivity contribution in [2.45, 2.75) is 68.0 Å². The molecule has 2 aliphatic carbocycles. The van der Waals surface area contributed by atoms with Gasteiger partial charge >= 0.3 is 12.1 Å². The van der Waals surface area contributed by atoms with E-state index >= 15 is 0 Å². The van der Waals surface area contributed by atoms with Gasteiger partial charge in [-0.15, -0.1) is 6.58 Å². The van der Waals surface area contributed by atoms with Gasteiger partial charge in [0.25, 0.3) is 5.91 Å². The summed E-state index contributed by atoms with van der Waals surface area (Å²) in [4.78, 5) is 30.1. The quantitative estimate of drug-likeness (QED) is 0.289. The summed E-state index contributed by atoms with van der Waals surface area (Å²) in [5.41, 5.74) is 0.00949. The predicted octanol–water partition coefficient (Wildman–Crippen LogP) is 4.50. The zero-order valence-corrected chi connectivity index (χ0v) is 24.3. The van der Waals surface area contributed by atoms with Gasteiger partial charge in [0.15, 0.2) is 11.5 Å². The number of nitrogens with zero attached hydrogens (tertiary/aromatic N) is 2. The van der Waals surface area contributed by atoms with E-state index in [1.54, 1.807) is 19.1 Å². The number of halogens is 3. The summed E-state index contributed by atoms with van der Waals surface area (Å²) in [6.45, 7) is 6.76. The second-order valence-electron chi connectivity index (χ2n) is 11.7. The number of methoxy groups -OCH3 is 1. The number of alkyl halides is 3. The normalized spacial score (nSPS) is 28.5. The van der Waals surface area contributed by atoms with Crippen LogP contribution in [0.5, 0.6) is 11.5 Å². The molecule has 2 bridgehead atoms. The first-order chi connectivity index (χ1) is 20.5. The van der Waals surface area contributed by atoms with Gasteiger partial charge in [0.05, 0.1) is 30.2 Å². The minimum Gasteiger partial charge on any atom is -0.493 e. The average molecular weight is 595 g/mol. The maximum atomic E-state index is 13.4. The molecule has 2 aromatic carbocycles. The van der Waals surface area contributed by atoms with Crippen LogP contribution in [0.2, 0.25) is 0 Å². The number of hydrogen-bond donors (Lipinski definition) is 0. The van der Waals surface area contributed by atoms with Crippen molar-refractivity contribution in [1.82, 2.24) is 9.80 Å². The van der Waals surface area contributed by atoms with Crippen LogP contribution in [0.1, 0.15) is 48.4 Å². The maximum Gasteiger partial charge on any atom is 0.416 e. The lowest BCUT2D eigenvalue weighted by molar-refractivity contribution is -0.222. The Morgan fingerprint density at radius 1 is 1.21 bits per heavy atom. The van der Waals surface area contributed by atoms with E-state index in [-0.39, 0.29) is 12.0 Å². The van der Waals surface area contributed by atoms with Crippen LogP contribution in [-0.4, -0.2) is 72.7 Å². The number of likely N-dealkylation sites (tertiary alicyclic amines) is 1. The first kappa shape index (κ1) is 29.1. The molecule has 0 aromatic heterocycles. The molecule has 2 aromatic rings. The summed E-state index contributed by atoms with van der Waals surface area (Å²) >= 11 is 0. The average Bonchev–Trinajstić information content (AvgIpc) is 3.32. The largest absolute Gasteiger partial charge is 0.493 e. The second kappa shape index (κ2) is 10.3. The number of ether oxygens (including phenoxy) is 3. The summed E-state index contributed by atoms with van der Waals surface area (Å²) in [6, 6.07) is 7.82. The number of esters is 1. The van der Waals surface area contributed by atoms with Crippen molar-refractivity contribution in [3.8, 4) is 23.3 Å². The third-order valence-corrected chi connectivity index (χ3v) is 9.74. The van der Waals surface area contributed by atoms with Crippen LogP contribution in [0.3, 0.4) is 0 Å². The van der Waals surface area contributed by atoms with E-state index < -0.39 is 40.8 Å². The Kier molecular flexibility index (Phi) is 7.00. The molecule has 5 atom stereocenters. The van der Waals surface area contributed by atoms with Crippen LogP contribution in [0.25, 0.3) is 0 Å². The Hall–Kier alpha value is -3.97. The molecular formula is C33H33F3N2O5. The van der Waals surface area contributed by atoms with Gasteiger partial charge in [0.2, 0.25) is 0 Å². The lowest BCUT2D eigenvalue weighted by Crippen LogP contribution is -2.79. The highest BCUT2D eigenvalue weighted by molar-refractivity contribution is 5.94. The number of hydrogen-bond acceptors (Lipinski definition) is 6. The summed E-state index contributed by atoms with van der Waals surface area (Å²) in [5.74, 6) is 5.67. The Balaban J connectivity index is 1.40. The number of benzene rings is 2. The van der Waals surface area contributed by atoms with Crippen LogP contribution in [0, 0.1) is 11.8 Å². The molecule has 2 aliphatic heterocycles. The predicted molar refractivity (Wildman–Crippen MR) is 152 cm³/mol. The van der Waals surface area contributed by atoms with Gasteiger partial charge in [0, 0.05) is 44.1 Å². The molecule has 1 saturated carbocycles. The molecule has 2 heterocycles. The molecule has 2 fully saturated rings. The molecule has 7 nitrogen and oxygen atoms in total. The summed E-state index contributed by atoms with van der Waals surface area (Å²) in [6.07, 6.45) is -0.818. The molecule has 0 radical (unpaired) electrons. The Morgan fingerprint density at radius 3 is 2.60 bits per heavy atom. The van der Waals surface area contributed by atoms with Gasteiger partial charge < -0.3 is 19.1 Å². The van der Waals surface area contributed by atoms with Gasteiger partial charge in [0.1, 0.15) is 11.7 Å². The molecule has 226 valence electrons. The Morgan fingerprint density at radius 2 is 1.95 bits per heavy atom. The highest BCUT2D eigenvalue weighted by Gasteiger charge is 2.75. The van der Waals surface area contributed by atoms with Gasteiger partial charge in [-0.05, 0) is 61.6 Å². The highest BCUT2D eigenvalue weighted by Crippen LogP contribution is 2.67. The van der Waals surface area contributed by atoms with E-state index in [0.717, 1.165) is 29.8 Å². The minimum absolute atomic E-state index is 0.109. The first-order valence-corrected chi connectivity index (χ1v) is 14.3. The lowest BCUT2D eigenvalue weighted by atomic mass is 9.48. The third kappa shape index (κ3) is 4.31. The Labute approximate surface area is 248 Å². The van der Waals surface area contributed by atoms with Gasteiger partial charge in [-0.1, -0.05) is 18.1 Å². The van der Waals surface area contributed by atoms with E-state index in [9.17, 15) is 22.8 Å². The molecule has 10 heteroatoms. The molecular weight excluding hydrogens is 561 g/mol. The topological polar surface area (TPSA) is 68.3 Å². The van der Waals surface area contributed by atoms with E-state index in [1.807, 2.05) is 12.1 Å². The van der Waals surface area contributed by atoms with Crippen molar-refractivity contribution in [2.24, 2.45) is 0 Å². The summed E-state index contributed by atoms with van der Waals surface area (Å²) < 4.78 is 57.8. The lowest BCUT2D eigenvalue weighted by Gasteiger charge is -2.65. The van der Waals surface area contributed by atoms with E-state index in [2.05, 4.69) is 29.4 Å². The van der Waals surface area contributed by atoms with E-state index in [0.29, 0.717) is 49.3 Å². The fraction of sp³-hybridized carbons (Fsp3) is 0.455. The molecule has 1 amide bonds. The van der Waals surface area contributed by atoms with Crippen molar-refractivity contribution in [2.75, 3.05) is 27.2 Å². The molecule has 6 rings (SSSR count). The van der Waals surface area contributed by atoms with Crippen LogP contribution < -0.4 is 9.47 Å². The summed E-state index contributed by atoms with van der Waals surface area (Å²) in [5, 5.41) is 0. The van der Waals surface area contributed by atoms with Crippen molar-refractivity contribution in [1.29, 1.82) is 0 Å². The second-order valence-corrected chi connectivity index (χ2v) is 11.7. The molecule has 4 aliphatic rings. The number of piperidine rings is 1. The van der Waals surface area contributed by atoms with Gasteiger partial charge in [-0.25, -0.2) is 0 Å². The van der Waals surface area contributed by atoms with Gasteiger partial charge in [-0.2, -0.15) is 13.2 Å². The van der Waals surface area contributed by atoms with Crippen LogP contribution in [0.15, 0.2) is 49.1 Å². The molecule has 0 unspecified atom stereocenters. The minimum atomic E-state index is -4.45. The van der Waals surface area contributed by atoms with Crippen molar-refractivity contribution in [3.05, 3.63) is 71.3 Å². The number of rotatable bonds is 5.